The molecule has 116 valence electrons. The third-order valence-corrected chi connectivity index (χ3v) is 4.78. The van der Waals surface area contributed by atoms with Crippen LogP contribution in [0.1, 0.15) is 48.5 Å². The Morgan fingerprint density at radius 2 is 2.14 bits per heavy atom. The molecule has 2 heterocycles. The van der Waals surface area contributed by atoms with Crippen LogP contribution in [0.5, 0.6) is 0 Å². The Balaban J connectivity index is 1.83. The van der Waals surface area contributed by atoms with E-state index in [-0.39, 0.29) is 18.0 Å². The van der Waals surface area contributed by atoms with Gasteiger partial charge in [0.2, 0.25) is 5.91 Å². The molecular formula is C18H23N3O. The SMILES string of the molecule is Cc1ccc([C@@H]2CCCN2C(=O)[C@H](C)n2ccnc2)cc1C. The number of rotatable bonds is 3. The summed E-state index contributed by atoms with van der Waals surface area (Å²) >= 11 is 0. The van der Waals surface area contributed by atoms with E-state index in [1.165, 1.54) is 16.7 Å². The first-order valence-corrected chi connectivity index (χ1v) is 7.93. The number of hydrogen-bond acceptors (Lipinski definition) is 2. The number of benzene rings is 1. The molecule has 4 heteroatoms. The Morgan fingerprint density at radius 3 is 2.82 bits per heavy atom. The summed E-state index contributed by atoms with van der Waals surface area (Å²) < 4.78 is 1.87. The van der Waals surface area contributed by atoms with Gasteiger partial charge >= 0.3 is 0 Å². The summed E-state index contributed by atoms with van der Waals surface area (Å²) in [5.41, 5.74) is 3.85. The van der Waals surface area contributed by atoms with Gasteiger partial charge in [-0.3, -0.25) is 4.79 Å². The van der Waals surface area contributed by atoms with Gasteiger partial charge in [-0.25, -0.2) is 4.98 Å². The van der Waals surface area contributed by atoms with E-state index in [1.54, 1.807) is 12.5 Å². The molecule has 1 aliphatic heterocycles. The maximum Gasteiger partial charge on any atom is 0.245 e. The van der Waals surface area contributed by atoms with E-state index >= 15 is 0 Å². The van der Waals surface area contributed by atoms with E-state index in [9.17, 15) is 4.79 Å². The number of carbonyl (C=O) groups excluding carboxylic acids is 1. The smallest absolute Gasteiger partial charge is 0.245 e. The van der Waals surface area contributed by atoms with Gasteiger partial charge in [-0.1, -0.05) is 18.2 Å². The van der Waals surface area contributed by atoms with Crippen LogP contribution >= 0.6 is 0 Å². The fraction of sp³-hybridized carbons (Fsp3) is 0.444. The van der Waals surface area contributed by atoms with Crippen molar-refractivity contribution in [2.24, 2.45) is 0 Å². The highest BCUT2D eigenvalue weighted by Crippen LogP contribution is 2.34. The van der Waals surface area contributed by atoms with Crippen molar-refractivity contribution in [3.8, 4) is 0 Å². The normalized spacial score (nSPS) is 19.4. The van der Waals surface area contributed by atoms with Crippen LogP contribution in [-0.2, 0) is 4.79 Å². The number of aromatic nitrogens is 2. The van der Waals surface area contributed by atoms with Gasteiger partial charge in [0, 0.05) is 18.9 Å². The standard InChI is InChI=1S/C18H23N3O/c1-13-6-7-16(11-14(13)2)17-5-4-9-21(17)18(22)15(3)20-10-8-19-12-20/h6-8,10-12,15,17H,4-5,9H2,1-3H3/t15-,17-/m0/s1. The number of imidazole rings is 1. The lowest BCUT2D eigenvalue weighted by Gasteiger charge is -2.28. The maximum absolute atomic E-state index is 12.9. The molecule has 3 rings (SSSR count). The monoisotopic (exact) mass is 297 g/mol. The summed E-state index contributed by atoms with van der Waals surface area (Å²) in [7, 11) is 0. The molecule has 0 saturated carbocycles. The van der Waals surface area contributed by atoms with Gasteiger partial charge in [0.25, 0.3) is 0 Å². The molecule has 0 unspecified atom stereocenters. The lowest BCUT2D eigenvalue weighted by molar-refractivity contribution is -0.135. The average Bonchev–Trinajstić information content (AvgIpc) is 3.19. The largest absolute Gasteiger partial charge is 0.334 e. The molecule has 0 aliphatic carbocycles. The Kier molecular flexibility index (Phi) is 4.01. The van der Waals surface area contributed by atoms with Gasteiger partial charge in [0.05, 0.1) is 12.4 Å². The molecule has 0 spiro atoms. The number of amides is 1. The number of nitrogens with zero attached hydrogens (tertiary/aromatic N) is 3. The first-order valence-electron chi connectivity index (χ1n) is 7.93. The number of likely N-dealkylation sites (tertiary alicyclic amines) is 1. The van der Waals surface area contributed by atoms with Gasteiger partial charge in [-0.15, -0.1) is 0 Å². The topological polar surface area (TPSA) is 38.1 Å². The summed E-state index contributed by atoms with van der Waals surface area (Å²) in [5.74, 6) is 0.179. The fourth-order valence-corrected chi connectivity index (χ4v) is 3.21. The number of hydrogen-bond donors (Lipinski definition) is 0. The Bertz CT molecular complexity index is 663. The Morgan fingerprint density at radius 1 is 1.32 bits per heavy atom. The minimum absolute atomic E-state index is 0.179. The second-order valence-electron chi connectivity index (χ2n) is 6.22. The first kappa shape index (κ1) is 14.8. The molecule has 2 aromatic rings. The molecule has 0 N–H and O–H groups in total. The van der Waals surface area contributed by atoms with Crippen LogP contribution in [0.2, 0.25) is 0 Å². The molecule has 0 radical (unpaired) electrons. The summed E-state index contributed by atoms with van der Waals surface area (Å²) in [4.78, 5) is 18.9. The van der Waals surface area contributed by atoms with Gasteiger partial charge < -0.3 is 9.47 Å². The lowest BCUT2D eigenvalue weighted by atomic mass is 9.99. The highest BCUT2D eigenvalue weighted by atomic mass is 16.2. The zero-order valence-corrected chi connectivity index (χ0v) is 13.5. The first-order chi connectivity index (χ1) is 10.6. The third kappa shape index (κ3) is 2.65. The highest BCUT2D eigenvalue weighted by molar-refractivity contribution is 5.80. The van der Waals surface area contributed by atoms with Crippen LogP contribution in [-0.4, -0.2) is 26.9 Å². The second kappa shape index (κ2) is 5.95. The van der Waals surface area contributed by atoms with Gasteiger partial charge in [0.15, 0.2) is 0 Å². The van der Waals surface area contributed by atoms with Crippen LogP contribution in [0.3, 0.4) is 0 Å². The molecule has 1 fully saturated rings. The Hall–Kier alpha value is -2.10. The molecule has 1 aromatic heterocycles. The van der Waals surface area contributed by atoms with Crippen molar-refractivity contribution in [3.05, 3.63) is 53.6 Å². The fourth-order valence-electron chi connectivity index (χ4n) is 3.21. The van der Waals surface area contributed by atoms with Crippen LogP contribution in [0.4, 0.5) is 0 Å². The molecular weight excluding hydrogens is 274 g/mol. The van der Waals surface area contributed by atoms with E-state index < -0.39 is 0 Å². The molecule has 4 nitrogen and oxygen atoms in total. The molecule has 1 aliphatic rings. The molecule has 1 saturated heterocycles. The summed E-state index contributed by atoms with van der Waals surface area (Å²) in [6.45, 7) is 7.04. The summed E-state index contributed by atoms with van der Waals surface area (Å²) in [6.07, 6.45) is 7.40. The summed E-state index contributed by atoms with van der Waals surface area (Å²) in [6, 6.07) is 6.56. The van der Waals surface area contributed by atoms with E-state index in [2.05, 4.69) is 37.0 Å². The second-order valence-corrected chi connectivity index (χ2v) is 6.22. The van der Waals surface area contributed by atoms with Crippen molar-refractivity contribution in [1.29, 1.82) is 0 Å². The predicted molar refractivity (Wildman–Crippen MR) is 86.5 cm³/mol. The summed E-state index contributed by atoms with van der Waals surface area (Å²) in [5, 5.41) is 0. The van der Waals surface area contributed by atoms with Crippen molar-refractivity contribution in [2.45, 2.75) is 45.7 Å². The van der Waals surface area contributed by atoms with Gasteiger partial charge in [0.1, 0.15) is 6.04 Å². The molecule has 0 bridgehead atoms. The average molecular weight is 297 g/mol. The van der Waals surface area contributed by atoms with Crippen molar-refractivity contribution in [3.63, 3.8) is 0 Å². The van der Waals surface area contributed by atoms with E-state index in [1.807, 2.05) is 22.6 Å². The Labute approximate surface area is 131 Å². The minimum atomic E-state index is -0.199. The maximum atomic E-state index is 12.9. The van der Waals surface area contributed by atoms with Crippen molar-refractivity contribution < 1.29 is 4.79 Å². The van der Waals surface area contributed by atoms with Crippen molar-refractivity contribution in [1.82, 2.24) is 14.5 Å². The van der Waals surface area contributed by atoms with Crippen LogP contribution in [0.25, 0.3) is 0 Å². The van der Waals surface area contributed by atoms with Crippen LogP contribution in [0.15, 0.2) is 36.9 Å². The zero-order chi connectivity index (χ0) is 15.7. The van der Waals surface area contributed by atoms with Gasteiger partial charge in [-0.2, -0.15) is 0 Å². The number of carbonyl (C=O) groups is 1. The van der Waals surface area contributed by atoms with Crippen molar-refractivity contribution in [2.75, 3.05) is 6.54 Å². The minimum Gasteiger partial charge on any atom is -0.334 e. The molecule has 1 amide bonds. The quantitative estimate of drug-likeness (QED) is 0.870. The molecule has 2 atom stereocenters. The molecule has 22 heavy (non-hydrogen) atoms. The van der Waals surface area contributed by atoms with Crippen LogP contribution in [0, 0.1) is 13.8 Å². The van der Waals surface area contributed by atoms with Crippen molar-refractivity contribution >= 4 is 5.91 Å². The highest BCUT2D eigenvalue weighted by Gasteiger charge is 2.32. The molecule has 1 aromatic carbocycles. The third-order valence-electron chi connectivity index (χ3n) is 4.78. The van der Waals surface area contributed by atoms with Gasteiger partial charge in [-0.05, 0) is 50.3 Å². The predicted octanol–water partition coefficient (Wildman–Crippen LogP) is 3.42. The van der Waals surface area contributed by atoms with E-state index in [0.29, 0.717) is 0 Å². The van der Waals surface area contributed by atoms with Crippen LogP contribution < -0.4 is 0 Å². The zero-order valence-electron chi connectivity index (χ0n) is 13.5. The lowest BCUT2D eigenvalue weighted by Crippen LogP contribution is -2.35. The van der Waals surface area contributed by atoms with E-state index in [0.717, 1.165) is 19.4 Å². The van der Waals surface area contributed by atoms with E-state index in [4.69, 9.17) is 0 Å². The number of aryl methyl sites for hydroxylation is 2.